The number of fused-ring (bicyclic) bond motifs is 5. The van der Waals surface area contributed by atoms with Gasteiger partial charge in [-0.2, -0.15) is 0 Å². The van der Waals surface area contributed by atoms with Crippen LogP contribution < -0.4 is 44.2 Å². The molecular weight excluding hydrogens is 658 g/mol. The monoisotopic (exact) mass is 709 g/mol. The first-order chi connectivity index (χ1) is 24.5. The lowest BCUT2D eigenvalue weighted by atomic mass is 9.95. The number of carbonyl (C=O) groups is 5. The van der Waals surface area contributed by atoms with Gasteiger partial charge in [-0.25, -0.2) is 0 Å². The molecule has 5 amide bonds. The van der Waals surface area contributed by atoms with Crippen molar-refractivity contribution in [1.29, 1.82) is 0 Å². The van der Waals surface area contributed by atoms with E-state index in [1.165, 1.54) is 17.0 Å². The second-order valence-electron chi connectivity index (χ2n) is 13.0. The minimum atomic E-state index is -1.26. The van der Waals surface area contributed by atoms with Gasteiger partial charge in [0.05, 0.1) is 6.04 Å². The molecule has 0 saturated carbocycles. The molecular formula is C35H51N9O7. The quantitative estimate of drug-likeness (QED) is 0.117. The van der Waals surface area contributed by atoms with Crippen LogP contribution in [0.25, 0.3) is 11.1 Å². The zero-order chi connectivity index (χ0) is 37.1. The van der Waals surface area contributed by atoms with Crippen LogP contribution in [0.15, 0.2) is 36.4 Å². The Morgan fingerprint density at radius 2 is 1.53 bits per heavy atom. The molecule has 16 heteroatoms. The molecule has 16 nitrogen and oxygen atoms in total. The van der Waals surface area contributed by atoms with E-state index in [1.807, 2.05) is 0 Å². The minimum Gasteiger partial charge on any atom is -0.508 e. The molecule has 0 radical (unpaired) electrons. The summed E-state index contributed by atoms with van der Waals surface area (Å²) in [6, 6.07) is 4.37. The van der Waals surface area contributed by atoms with Gasteiger partial charge < -0.3 is 59.3 Å². The van der Waals surface area contributed by atoms with Crippen LogP contribution in [0.1, 0.15) is 49.7 Å². The number of phenols is 2. The number of hydrogen-bond donors (Lipinski definition) is 10. The maximum Gasteiger partial charge on any atom is 0.246 e. The Labute approximate surface area is 297 Å². The van der Waals surface area contributed by atoms with Crippen molar-refractivity contribution in [1.82, 2.24) is 26.2 Å². The number of nitrogens with one attached hydrogen (secondary N) is 4. The molecule has 0 aliphatic carbocycles. The molecule has 5 atom stereocenters. The predicted molar refractivity (Wildman–Crippen MR) is 190 cm³/mol. The standard InChI is InChI=1S/C35H51N9O7/c36-11-1-4-25(32(48)40-14-13-38)42-34(50)28-6-3-15-44(28)35(51)27-19-23-17-21(8-10-30(23)46)20-7-9-29(45)22(16-20)18-24(39)31(47)41-26(5-2-12-37)33(49)43-27/h7-10,16-17,24-28,45-46H,1-6,11-15,18-19,36-39H2,(H,40,48)(H,41,47)(H,42,50)(H,43,49)/t24-,25+,26+,27-,28+/m1/s1. The highest BCUT2D eigenvalue weighted by Crippen LogP contribution is 2.31. The highest BCUT2D eigenvalue weighted by molar-refractivity contribution is 5.96. The number of aromatic hydroxyl groups is 2. The summed E-state index contributed by atoms with van der Waals surface area (Å²) >= 11 is 0. The number of nitrogens with two attached hydrogens (primary N) is 4. The van der Waals surface area contributed by atoms with Crippen LogP contribution in [-0.2, 0) is 36.8 Å². The number of rotatable bonds is 12. The van der Waals surface area contributed by atoms with Crippen LogP contribution in [0.2, 0.25) is 0 Å². The molecule has 0 aromatic heterocycles. The number of nitrogens with zero attached hydrogens (tertiary/aromatic N) is 1. The topological polar surface area (TPSA) is 281 Å². The summed E-state index contributed by atoms with van der Waals surface area (Å²) in [4.78, 5) is 69.3. The molecule has 2 aromatic rings. The summed E-state index contributed by atoms with van der Waals surface area (Å²) < 4.78 is 0. The van der Waals surface area contributed by atoms with Crippen molar-refractivity contribution >= 4 is 29.5 Å². The predicted octanol–water partition coefficient (Wildman–Crippen LogP) is -1.81. The summed E-state index contributed by atoms with van der Waals surface area (Å²) in [6.45, 7) is 1.20. The van der Waals surface area contributed by atoms with E-state index in [1.54, 1.807) is 24.3 Å². The number of benzene rings is 2. The van der Waals surface area contributed by atoms with E-state index in [9.17, 15) is 34.2 Å². The molecule has 4 rings (SSSR count). The largest absolute Gasteiger partial charge is 0.508 e. The van der Waals surface area contributed by atoms with Gasteiger partial charge in [-0.3, -0.25) is 24.0 Å². The van der Waals surface area contributed by atoms with E-state index in [-0.39, 0.29) is 63.4 Å². The molecule has 2 aliphatic rings. The third kappa shape index (κ3) is 10.2. The van der Waals surface area contributed by atoms with Gasteiger partial charge in [-0.15, -0.1) is 0 Å². The number of amides is 5. The van der Waals surface area contributed by atoms with E-state index in [4.69, 9.17) is 22.9 Å². The van der Waals surface area contributed by atoms with Gasteiger partial charge in [0.15, 0.2) is 0 Å². The van der Waals surface area contributed by atoms with Crippen molar-refractivity contribution < 1.29 is 34.2 Å². The molecule has 2 aliphatic heterocycles. The second-order valence-corrected chi connectivity index (χ2v) is 13.0. The fraction of sp³-hybridized carbons (Fsp3) is 0.514. The van der Waals surface area contributed by atoms with E-state index < -0.39 is 59.7 Å². The Morgan fingerprint density at radius 3 is 2.16 bits per heavy atom. The average molecular weight is 710 g/mol. The smallest absolute Gasteiger partial charge is 0.246 e. The van der Waals surface area contributed by atoms with Crippen molar-refractivity contribution in [2.45, 2.75) is 81.6 Å². The van der Waals surface area contributed by atoms with Gasteiger partial charge in [0, 0.05) is 32.5 Å². The van der Waals surface area contributed by atoms with Gasteiger partial charge in [0.2, 0.25) is 29.5 Å². The first kappa shape index (κ1) is 39.0. The van der Waals surface area contributed by atoms with Crippen LogP contribution >= 0.6 is 0 Å². The molecule has 278 valence electrons. The van der Waals surface area contributed by atoms with Crippen molar-refractivity contribution in [2.24, 2.45) is 22.9 Å². The average Bonchev–Trinajstić information content (AvgIpc) is 3.61. The van der Waals surface area contributed by atoms with Gasteiger partial charge in [0.25, 0.3) is 0 Å². The lowest BCUT2D eigenvalue weighted by Gasteiger charge is -2.31. The first-order valence-corrected chi connectivity index (χ1v) is 17.5. The maximum absolute atomic E-state index is 14.4. The Hall–Kier alpha value is -4.77. The minimum absolute atomic E-state index is 0.0248. The summed E-state index contributed by atoms with van der Waals surface area (Å²) in [5, 5.41) is 32.4. The van der Waals surface area contributed by atoms with Gasteiger partial charge in [-0.1, -0.05) is 12.1 Å². The molecule has 1 saturated heterocycles. The lowest BCUT2D eigenvalue weighted by Crippen LogP contribution is -2.59. The van der Waals surface area contributed by atoms with Crippen LogP contribution in [0.4, 0.5) is 0 Å². The Bertz CT molecular complexity index is 1570. The molecule has 1 fully saturated rings. The number of likely N-dealkylation sites (tertiary alicyclic amines) is 1. The molecule has 14 N–H and O–H groups in total. The zero-order valence-electron chi connectivity index (χ0n) is 28.7. The van der Waals surface area contributed by atoms with Gasteiger partial charge in [-0.05, 0) is 98.1 Å². The number of phenolic OH excluding ortho intramolecular Hbond substituents is 2. The molecule has 2 aromatic carbocycles. The van der Waals surface area contributed by atoms with Crippen LogP contribution in [0, 0.1) is 0 Å². The molecule has 4 bridgehead atoms. The van der Waals surface area contributed by atoms with Crippen molar-refractivity contribution in [3.8, 4) is 22.6 Å². The second kappa shape index (κ2) is 18.5. The molecule has 2 heterocycles. The number of hydrogen-bond acceptors (Lipinski definition) is 11. The lowest BCUT2D eigenvalue weighted by molar-refractivity contribution is -0.142. The Kier molecular flexibility index (Phi) is 14.1. The maximum atomic E-state index is 14.4. The van der Waals surface area contributed by atoms with E-state index >= 15 is 0 Å². The Balaban J connectivity index is 1.69. The van der Waals surface area contributed by atoms with Crippen LogP contribution in [0.3, 0.4) is 0 Å². The van der Waals surface area contributed by atoms with Crippen LogP contribution in [-0.4, -0.2) is 108 Å². The number of carbonyl (C=O) groups excluding carboxylic acids is 5. The molecule has 0 unspecified atom stereocenters. The van der Waals surface area contributed by atoms with Crippen molar-refractivity contribution in [2.75, 3.05) is 32.7 Å². The summed E-state index contributed by atoms with van der Waals surface area (Å²) in [7, 11) is 0. The fourth-order valence-corrected chi connectivity index (χ4v) is 6.43. The summed E-state index contributed by atoms with van der Waals surface area (Å²) in [5.74, 6) is -2.99. The third-order valence-electron chi connectivity index (χ3n) is 9.25. The third-order valence-corrected chi connectivity index (χ3v) is 9.25. The van der Waals surface area contributed by atoms with Crippen molar-refractivity contribution in [3.05, 3.63) is 47.5 Å². The van der Waals surface area contributed by atoms with Gasteiger partial charge >= 0.3 is 0 Å². The summed E-state index contributed by atoms with van der Waals surface area (Å²) in [5.41, 5.74) is 25.2. The zero-order valence-corrected chi connectivity index (χ0v) is 28.7. The first-order valence-electron chi connectivity index (χ1n) is 17.5. The van der Waals surface area contributed by atoms with Gasteiger partial charge in [0.1, 0.15) is 35.7 Å². The Morgan fingerprint density at radius 1 is 0.882 bits per heavy atom. The SMILES string of the molecule is NCCC[C@@H]1NC(=O)[C@H](N)Cc2cc(ccc2O)-c2ccc(O)c(c2)C[C@H](C(=O)N2CCC[C@H]2C(=O)N[C@@H](CCCN)C(=O)NCCN)NC1=O. The van der Waals surface area contributed by atoms with E-state index in [0.29, 0.717) is 54.5 Å². The van der Waals surface area contributed by atoms with E-state index in [2.05, 4.69) is 21.3 Å². The van der Waals surface area contributed by atoms with Crippen LogP contribution in [0.5, 0.6) is 11.5 Å². The summed E-state index contributed by atoms with van der Waals surface area (Å²) in [6.07, 6.45) is 1.92. The highest BCUT2D eigenvalue weighted by atomic mass is 16.3. The van der Waals surface area contributed by atoms with E-state index in [0.717, 1.165) is 0 Å². The molecule has 51 heavy (non-hydrogen) atoms. The highest BCUT2D eigenvalue weighted by Gasteiger charge is 2.40. The fourth-order valence-electron chi connectivity index (χ4n) is 6.43. The molecule has 0 spiro atoms. The normalized spacial score (nSPS) is 21.5. The van der Waals surface area contributed by atoms with Crippen molar-refractivity contribution in [3.63, 3.8) is 0 Å².